The van der Waals surface area contributed by atoms with E-state index in [9.17, 15) is 14.5 Å². The van der Waals surface area contributed by atoms with Gasteiger partial charge in [-0.25, -0.2) is 19.8 Å². The normalized spacial score (nSPS) is 13.7. The number of hydrogen-bond acceptors (Lipinski definition) is 12. The lowest BCUT2D eigenvalue weighted by atomic mass is 10.0. The van der Waals surface area contributed by atoms with Crippen LogP contribution in [0.4, 0.5) is 4.79 Å². The highest BCUT2D eigenvalue weighted by molar-refractivity contribution is 7.48. The lowest BCUT2D eigenvalue weighted by Gasteiger charge is -2.30. The third-order valence-electron chi connectivity index (χ3n) is 4.27. The van der Waals surface area contributed by atoms with E-state index in [2.05, 4.69) is 11.2 Å². The van der Waals surface area contributed by atoms with Gasteiger partial charge in [0.25, 0.3) is 0 Å². The molecular formula is C27H51N2O10P. The standard InChI is InChI=1S/C27H48NO9P.H3NO/c1-24(2,3)28-16-22(34-23(30)35-25(4,5)6)19-13-14-21(20(15-19)17-29)32-18-33-38(31,36-26(7,8)9)37-27(10,11)12;1-2/h13-15,22,28-29H,16-18H2,1-12H3;2H,1H2. The van der Waals surface area contributed by atoms with E-state index in [1.54, 1.807) is 80.5 Å². The van der Waals surface area contributed by atoms with E-state index in [0.717, 1.165) is 0 Å². The van der Waals surface area contributed by atoms with Crippen LogP contribution in [0.25, 0.3) is 0 Å². The van der Waals surface area contributed by atoms with Crippen molar-refractivity contribution in [3.05, 3.63) is 29.3 Å². The Morgan fingerprint density at radius 2 is 1.45 bits per heavy atom. The van der Waals surface area contributed by atoms with Gasteiger partial charge in [0.2, 0.25) is 0 Å². The average Bonchev–Trinajstić information content (AvgIpc) is 2.73. The average molecular weight is 595 g/mol. The summed E-state index contributed by atoms with van der Waals surface area (Å²) in [5, 5.41) is 19.8. The molecule has 234 valence electrons. The highest BCUT2D eigenvalue weighted by Crippen LogP contribution is 2.55. The summed E-state index contributed by atoms with van der Waals surface area (Å²) in [7, 11) is -3.97. The fraction of sp³-hybridized carbons (Fsp3) is 0.741. The Labute approximate surface area is 239 Å². The third-order valence-corrected chi connectivity index (χ3v) is 6.23. The van der Waals surface area contributed by atoms with E-state index in [0.29, 0.717) is 23.4 Å². The Hall–Kier alpha value is -1.76. The summed E-state index contributed by atoms with van der Waals surface area (Å²) in [4.78, 5) is 12.4. The van der Waals surface area contributed by atoms with E-state index < -0.39 is 43.7 Å². The molecule has 0 bridgehead atoms. The molecule has 0 spiro atoms. The Balaban J connectivity index is 0.00000742. The summed E-state index contributed by atoms with van der Waals surface area (Å²) in [5.74, 6) is 3.80. The van der Waals surface area contributed by atoms with Crippen LogP contribution in [0.3, 0.4) is 0 Å². The molecule has 1 aromatic carbocycles. The van der Waals surface area contributed by atoms with Crippen molar-refractivity contribution in [1.82, 2.24) is 5.32 Å². The summed E-state index contributed by atoms with van der Waals surface area (Å²) in [6, 6.07) is 5.00. The number of nitrogens with two attached hydrogens (primary N) is 1. The SMILES string of the molecule is CC(C)(C)NCC(OC(=O)OC(C)(C)C)c1ccc(OCOP(=O)(OC(C)(C)C)OC(C)(C)C)c(CO)c1.NO. The highest BCUT2D eigenvalue weighted by atomic mass is 31.2. The Kier molecular flexibility index (Phi) is 14.8. The monoisotopic (exact) mass is 594 g/mol. The molecule has 0 fully saturated rings. The van der Waals surface area contributed by atoms with Gasteiger partial charge in [-0.3, -0.25) is 9.05 Å². The second kappa shape index (κ2) is 15.5. The number of aliphatic hydroxyl groups is 1. The molecular weight excluding hydrogens is 543 g/mol. The van der Waals surface area contributed by atoms with Gasteiger partial charge >= 0.3 is 14.0 Å². The van der Waals surface area contributed by atoms with Gasteiger partial charge in [0.15, 0.2) is 6.79 Å². The van der Waals surface area contributed by atoms with E-state index in [1.165, 1.54) is 0 Å². The van der Waals surface area contributed by atoms with E-state index in [4.69, 9.17) is 33.0 Å². The second-order valence-corrected chi connectivity index (χ2v) is 14.5. The number of nitrogens with one attached hydrogen (secondary N) is 1. The molecule has 13 heteroatoms. The van der Waals surface area contributed by atoms with Crippen LogP contribution in [0.5, 0.6) is 5.75 Å². The van der Waals surface area contributed by atoms with Crippen LogP contribution in [-0.2, 0) is 34.2 Å². The minimum atomic E-state index is -3.97. The van der Waals surface area contributed by atoms with E-state index in [1.807, 2.05) is 20.8 Å². The van der Waals surface area contributed by atoms with Crippen LogP contribution >= 0.6 is 7.82 Å². The largest absolute Gasteiger partial charge is 0.509 e. The lowest BCUT2D eigenvalue weighted by molar-refractivity contribution is -0.0283. The molecule has 0 aromatic heterocycles. The first-order valence-corrected chi connectivity index (χ1v) is 14.4. The number of benzene rings is 1. The van der Waals surface area contributed by atoms with Crippen molar-refractivity contribution in [2.75, 3.05) is 13.3 Å². The first kappa shape index (κ1) is 38.2. The number of carbonyl (C=O) groups is 1. The van der Waals surface area contributed by atoms with Gasteiger partial charge in [-0.15, -0.1) is 0 Å². The zero-order valence-corrected chi connectivity index (χ0v) is 27.0. The van der Waals surface area contributed by atoms with Crippen LogP contribution in [-0.4, -0.2) is 52.1 Å². The van der Waals surface area contributed by atoms with Gasteiger partial charge in [0.1, 0.15) is 17.5 Å². The molecule has 1 rings (SSSR count). The molecule has 1 aromatic rings. The zero-order chi connectivity index (χ0) is 31.6. The maximum atomic E-state index is 13.2. The molecule has 1 unspecified atom stereocenters. The summed E-state index contributed by atoms with van der Waals surface area (Å²) in [5.41, 5.74) is -1.47. The fourth-order valence-electron chi connectivity index (χ4n) is 2.98. The van der Waals surface area contributed by atoms with Crippen LogP contribution in [0.2, 0.25) is 0 Å². The predicted molar refractivity (Wildman–Crippen MR) is 152 cm³/mol. The van der Waals surface area contributed by atoms with Crippen molar-refractivity contribution in [2.45, 2.75) is 118 Å². The van der Waals surface area contributed by atoms with Crippen LogP contribution in [0.15, 0.2) is 18.2 Å². The van der Waals surface area contributed by atoms with Gasteiger partial charge in [-0.05, 0) is 101 Å². The Bertz CT molecular complexity index is 940. The van der Waals surface area contributed by atoms with Gasteiger partial charge in [-0.2, -0.15) is 0 Å². The van der Waals surface area contributed by atoms with Gasteiger partial charge in [0.05, 0.1) is 17.8 Å². The topological polar surface area (TPSA) is 168 Å². The van der Waals surface area contributed by atoms with Gasteiger partial charge in [-0.1, -0.05) is 6.07 Å². The quantitative estimate of drug-likeness (QED) is 0.102. The molecule has 0 aliphatic rings. The Morgan fingerprint density at radius 3 is 1.88 bits per heavy atom. The number of phosphoric acid groups is 1. The number of phosphoric ester groups is 1. The first-order valence-electron chi connectivity index (χ1n) is 12.9. The maximum Gasteiger partial charge on any atom is 0.509 e. The lowest BCUT2D eigenvalue weighted by Crippen LogP contribution is -2.39. The van der Waals surface area contributed by atoms with Crippen molar-refractivity contribution < 1.29 is 47.5 Å². The molecule has 40 heavy (non-hydrogen) atoms. The van der Waals surface area contributed by atoms with Gasteiger partial charge < -0.3 is 29.8 Å². The maximum absolute atomic E-state index is 13.2. The highest BCUT2D eigenvalue weighted by Gasteiger charge is 2.37. The molecule has 0 saturated heterocycles. The molecule has 0 amide bonds. The van der Waals surface area contributed by atoms with Crippen molar-refractivity contribution in [3.8, 4) is 5.75 Å². The number of hydrogen-bond donors (Lipinski definition) is 4. The number of ether oxygens (including phenoxy) is 3. The predicted octanol–water partition coefficient (Wildman–Crippen LogP) is 5.99. The second-order valence-electron chi connectivity index (χ2n) is 13.0. The number of carbonyl (C=O) groups excluding carboxylic acids is 1. The molecule has 1 atom stereocenters. The summed E-state index contributed by atoms with van der Waals surface area (Å²) in [6.45, 7) is 21.2. The smallest absolute Gasteiger partial charge is 0.467 e. The number of aliphatic hydroxyl groups excluding tert-OH is 1. The molecule has 0 aliphatic carbocycles. The molecule has 0 aliphatic heterocycles. The molecule has 0 saturated carbocycles. The summed E-state index contributed by atoms with van der Waals surface area (Å²) in [6.07, 6.45) is -1.49. The van der Waals surface area contributed by atoms with Crippen molar-refractivity contribution >= 4 is 14.0 Å². The van der Waals surface area contributed by atoms with Crippen LogP contribution < -0.4 is 16.0 Å². The summed E-state index contributed by atoms with van der Waals surface area (Å²) < 4.78 is 46.5. The minimum absolute atomic E-state index is 0.228. The van der Waals surface area contributed by atoms with Crippen LogP contribution in [0.1, 0.15) is 100 Å². The van der Waals surface area contributed by atoms with Crippen molar-refractivity contribution in [3.63, 3.8) is 0 Å². The molecule has 12 nitrogen and oxygen atoms in total. The van der Waals surface area contributed by atoms with E-state index in [-0.39, 0.29) is 12.1 Å². The molecule has 0 heterocycles. The van der Waals surface area contributed by atoms with Crippen molar-refractivity contribution in [1.29, 1.82) is 0 Å². The Morgan fingerprint density at radius 1 is 0.925 bits per heavy atom. The zero-order valence-electron chi connectivity index (χ0n) is 26.1. The minimum Gasteiger partial charge on any atom is -0.467 e. The van der Waals surface area contributed by atoms with E-state index >= 15 is 0 Å². The first-order chi connectivity index (χ1) is 18.0. The van der Waals surface area contributed by atoms with Crippen LogP contribution in [0, 0.1) is 0 Å². The fourth-order valence-corrected chi connectivity index (χ4v) is 4.64. The summed E-state index contributed by atoms with van der Waals surface area (Å²) >= 11 is 0. The number of rotatable bonds is 11. The van der Waals surface area contributed by atoms with Gasteiger partial charge in [0, 0.05) is 17.6 Å². The third kappa shape index (κ3) is 17.1. The molecule has 0 radical (unpaired) electrons. The molecule has 5 N–H and O–H groups in total. The van der Waals surface area contributed by atoms with Crippen molar-refractivity contribution in [2.24, 2.45) is 5.90 Å².